The molecule has 0 fully saturated rings. The van der Waals surface area contributed by atoms with Gasteiger partial charge in [0.05, 0.1) is 11.2 Å². The van der Waals surface area contributed by atoms with E-state index >= 15 is 4.39 Å². The van der Waals surface area contributed by atoms with Crippen LogP contribution in [0.4, 0.5) is 8.78 Å². The lowest BCUT2D eigenvalue weighted by atomic mass is 10.0. The van der Waals surface area contributed by atoms with Gasteiger partial charge in [0.15, 0.2) is 0 Å². The average Bonchev–Trinajstić information content (AvgIpc) is 2.79. The van der Waals surface area contributed by atoms with Gasteiger partial charge < -0.3 is 0 Å². The SMILES string of the molecule is Fc1ccc(-c2ccc3ncnc(-c4ccc(-c5ccccc5)cc4F)c3n2)cc1. The molecule has 0 saturated carbocycles. The summed E-state index contributed by atoms with van der Waals surface area (Å²) in [5, 5.41) is 0. The van der Waals surface area contributed by atoms with Crippen LogP contribution in [0.3, 0.4) is 0 Å². The molecule has 5 aromatic rings. The minimum absolute atomic E-state index is 0.316. The molecule has 30 heavy (non-hydrogen) atoms. The predicted octanol–water partition coefficient (Wildman–Crippen LogP) is 6.30. The van der Waals surface area contributed by atoms with Crippen LogP contribution in [0.2, 0.25) is 0 Å². The van der Waals surface area contributed by atoms with Crippen LogP contribution in [0.15, 0.2) is 91.3 Å². The van der Waals surface area contributed by atoms with Crippen molar-refractivity contribution >= 4 is 11.0 Å². The molecule has 2 aromatic heterocycles. The second-order valence-electron chi connectivity index (χ2n) is 6.85. The molecule has 5 rings (SSSR count). The summed E-state index contributed by atoms with van der Waals surface area (Å²) in [5.74, 6) is -0.700. The molecule has 2 heterocycles. The normalized spacial score (nSPS) is 11.0. The second kappa shape index (κ2) is 7.44. The van der Waals surface area contributed by atoms with Crippen molar-refractivity contribution < 1.29 is 8.78 Å². The Bertz CT molecular complexity index is 1350. The van der Waals surface area contributed by atoms with Gasteiger partial charge in [-0.05, 0) is 59.7 Å². The molecular formula is C25H15F2N3. The standard InChI is InChI=1S/C25H15F2N3/c26-19-9-6-17(7-10-19)22-12-13-23-25(30-22)24(29-15-28-23)20-11-8-18(14-21(20)27)16-4-2-1-3-5-16/h1-15H. The van der Waals surface area contributed by atoms with E-state index in [1.807, 2.05) is 42.5 Å². The first kappa shape index (κ1) is 18.1. The van der Waals surface area contributed by atoms with Crippen LogP contribution < -0.4 is 0 Å². The first-order valence-corrected chi connectivity index (χ1v) is 9.42. The summed E-state index contributed by atoms with van der Waals surface area (Å²) in [6.07, 6.45) is 1.40. The van der Waals surface area contributed by atoms with Crippen molar-refractivity contribution in [2.24, 2.45) is 0 Å². The summed E-state index contributed by atoms with van der Waals surface area (Å²) in [6, 6.07) is 24.4. The number of pyridine rings is 1. The number of aromatic nitrogens is 3. The Morgan fingerprint density at radius 1 is 0.633 bits per heavy atom. The Balaban J connectivity index is 1.63. The molecule has 0 aliphatic rings. The topological polar surface area (TPSA) is 38.7 Å². The maximum atomic E-state index is 15.1. The van der Waals surface area contributed by atoms with Crippen LogP contribution >= 0.6 is 0 Å². The highest BCUT2D eigenvalue weighted by atomic mass is 19.1. The van der Waals surface area contributed by atoms with Gasteiger partial charge in [-0.25, -0.2) is 23.7 Å². The van der Waals surface area contributed by atoms with E-state index < -0.39 is 0 Å². The molecule has 3 nitrogen and oxygen atoms in total. The van der Waals surface area contributed by atoms with E-state index in [1.54, 1.807) is 24.3 Å². The van der Waals surface area contributed by atoms with Crippen molar-refractivity contribution in [1.82, 2.24) is 15.0 Å². The van der Waals surface area contributed by atoms with Gasteiger partial charge in [0.25, 0.3) is 0 Å². The quantitative estimate of drug-likeness (QED) is 0.360. The molecule has 0 amide bonds. The Morgan fingerprint density at radius 3 is 2.17 bits per heavy atom. The highest BCUT2D eigenvalue weighted by Crippen LogP contribution is 2.31. The fourth-order valence-electron chi connectivity index (χ4n) is 3.44. The van der Waals surface area contributed by atoms with Crippen LogP contribution in [-0.2, 0) is 0 Å². The minimum Gasteiger partial charge on any atom is -0.244 e. The largest absolute Gasteiger partial charge is 0.244 e. The number of hydrogen-bond donors (Lipinski definition) is 0. The van der Waals surface area contributed by atoms with E-state index in [2.05, 4.69) is 15.0 Å². The molecule has 0 radical (unpaired) electrons. The molecule has 5 heteroatoms. The lowest BCUT2D eigenvalue weighted by Gasteiger charge is -2.09. The molecule has 0 spiro atoms. The third kappa shape index (κ3) is 3.31. The first-order chi connectivity index (χ1) is 14.7. The molecular weight excluding hydrogens is 380 g/mol. The number of hydrogen-bond acceptors (Lipinski definition) is 3. The van der Waals surface area contributed by atoms with Gasteiger partial charge in [-0.1, -0.05) is 36.4 Å². The van der Waals surface area contributed by atoms with E-state index in [9.17, 15) is 4.39 Å². The van der Waals surface area contributed by atoms with Crippen molar-refractivity contribution in [1.29, 1.82) is 0 Å². The van der Waals surface area contributed by atoms with E-state index in [-0.39, 0.29) is 11.6 Å². The second-order valence-corrected chi connectivity index (χ2v) is 6.85. The lowest BCUT2D eigenvalue weighted by Crippen LogP contribution is -1.96. The molecule has 144 valence electrons. The van der Waals surface area contributed by atoms with E-state index in [0.29, 0.717) is 28.0 Å². The van der Waals surface area contributed by atoms with Crippen molar-refractivity contribution in [2.45, 2.75) is 0 Å². The zero-order valence-electron chi connectivity index (χ0n) is 15.8. The number of fused-ring (bicyclic) bond motifs is 1. The Labute approximate surface area is 171 Å². The Hall–Kier alpha value is -3.99. The van der Waals surface area contributed by atoms with Gasteiger partial charge >= 0.3 is 0 Å². The molecule has 0 unspecified atom stereocenters. The predicted molar refractivity (Wildman–Crippen MR) is 114 cm³/mol. The highest BCUT2D eigenvalue weighted by molar-refractivity contribution is 5.90. The summed E-state index contributed by atoms with van der Waals surface area (Å²) in [7, 11) is 0. The fourth-order valence-corrected chi connectivity index (χ4v) is 3.44. The van der Waals surface area contributed by atoms with Crippen LogP contribution in [0.1, 0.15) is 0 Å². The third-order valence-electron chi connectivity index (χ3n) is 4.95. The summed E-state index contributed by atoms with van der Waals surface area (Å²) < 4.78 is 28.3. The zero-order valence-corrected chi connectivity index (χ0v) is 15.8. The molecule has 0 saturated heterocycles. The molecule has 0 aliphatic carbocycles. The van der Waals surface area contributed by atoms with Gasteiger partial charge in [-0.15, -0.1) is 0 Å². The van der Waals surface area contributed by atoms with Crippen LogP contribution in [-0.4, -0.2) is 15.0 Å². The molecule has 0 bridgehead atoms. The highest BCUT2D eigenvalue weighted by Gasteiger charge is 2.14. The summed E-state index contributed by atoms with van der Waals surface area (Å²) in [6.45, 7) is 0. The lowest BCUT2D eigenvalue weighted by molar-refractivity contribution is 0.628. The van der Waals surface area contributed by atoms with Gasteiger partial charge in [0.2, 0.25) is 0 Å². The summed E-state index contributed by atoms with van der Waals surface area (Å²) >= 11 is 0. The van der Waals surface area contributed by atoms with Crippen LogP contribution in [0.25, 0.3) is 44.7 Å². The first-order valence-electron chi connectivity index (χ1n) is 9.42. The monoisotopic (exact) mass is 395 g/mol. The van der Waals surface area contributed by atoms with Gasteiger partial charge in [0, 0.05) is 11.1 Å². The maximum absolute atomic E-state index is 15.1. The molecule has 0 aliphatic heterocycles. The van der Waals surface area contributed by atoms with Crippen molar-refractivity contribution in [3.05, 3.63) is 103 Å². The van der Waals surface area contributed by atoms with Crippen molar-refractivity contribution in [3.8, 4) is 33.6 Å². The minimum atomic E-state index is -0.384. The Morgan fingerprint density at radius 2 is 1.40 bits per heavy atom. The molecule has 0 N–H and O–H groups in total. The van der Waals surface area contributed by atoms with E-state index in [1.165, 1.54) is 24.5 Å². The average molecular weight is 395 g/mol. The van der Waals surface area contributed by atoms with Crippen LogP contribution in [0.5, 0.6) is 0 Å². The summed E-state index contributed by atoms with van der Waals surface area (Å²) in [5.41, 5.74) is 4.99. The van der Waals surface area contributed by atoms with Gasteiger partial charge in [-0.3, -0.25) is 0 Å². The Kier molecular flexibility index (Phi) is 4.48. The van der Waals surface area contributed by atoms with Gasteiger partial charge in [0.1, 0.15) is 29.2 Å². The third-order valence-corrected chi connectivity index (χ3v) is 4.95. The smallest absolute Gasteiger partial charge is 0.133 e. The van der Waals surface area contributed by atoms with Crippen molar-refractivity contribution in [2.75, 3.05) is 0 Å². The molecule has 3 aromatic carbocycles. The summed E-state index contributed by atoms with van der Waals surface area (Å²) in [4.78, 5) is 13.2. The number of nitrogens with zero attached hydrogens (tertiary/aromatic N) is 3. The number of halogens is 2. The maximum Gasteiger partial charge on any atom is 0.133 e. The van der Waals surface area contributed by atoms with E-state index in [4.69, 9.17) is 0 Å². The zero-order chi connectivity index (χ0) is 20.5. The van der Waals surface area contributed by atoms with Crippen LogP contribution in [0, 0.1) is 11.6 Å². The number of rotatable bonds is 3. The number of benzene rings is 3. The van der Waals surface area contributed by atoms with Crippen molar-refractivity contribution in [3.63, 3.8) is 0 Å². The van der Waals surface area contributed by atoms with Gasteiger partial charge in [-0.2, -0.15) is 0 Å². The molecule has 0 atom stereocenters. The fraction of sp³-hybridized carbons (Fsp3) is 0. The van der Waals surface area contributed by atoms with E-state index in [0.717, 1.165) is 16.7 Å².